The summed E-state index contributed by atoms with van der Waals surface area (Å²) >= 11 is 0. The van der Waals surface area contributed by atoms with Crippen LogP contribution in [0.5, 0.6) is 0 Å². The molecule has 234 valence electrons. The number of nitrogens with one attached hydrogen (secondary N) is 3. The van der Waals surface area contributed by atoms with Crippen LogP contribution in [-0.2, 0) is 25.3 Å². The van der Waals surface area contributed by atoms with E-state index in [1.165, 1.54) is 42.2 Å². The summed E-state index contributed by atoms with van der Waals surface area (Å²) < 4.78 is 78.2. The highest BCUT2D eigenvalue weighted by molar-refractivity contribution is 6.04. The van der Waals surface area contributed by atoms with E-state index >= 15 is 0 Å². The van der Waals surface area contributed by atoms with Gasteiger partial charge in [0, 0.05) is 24.3 Å². The van der Waals surface area contributed by atoms with Gasteiger partial charge in [0.25, 0.3) is 5.91 Å². The largest absolute Gasteiger partial charge is 0.490 e. The first kappa shape index (κ1) is 34.5. The molecule has 2 aromatic rings. The maximum Gasteiger partial charge on any atom is 0.490 e. The van der Waals surface area contributed by atoms with E-state index in [9.17, 15) is 40.7 Å². The molecular formula is C26H27F6N5O6. The molecule has 1 heterocycles. The topological polar surface area (TPSA) is 175 Å². The minimum atomic E-state index is -5.08. The van der Waals surface area contributed by atoms with E-state index in [1.807, 2.05) is 0 Å². The lowest BCUT2D eigenvalue weighted by molar-refractivity contribution is -0.192. The van der Waals surface area contributed by atoms with E-state index in [4.69, 9.17) is 25.8 Å². The van der Waals surface area contributed by atoms with Crippen molar-refractivity contribution in [3.05, 3.63) is 64.7 Å². The molecule has 11 nitrogen and oxygen atoms in total. The average Bonchev–Trinajstić information content (AvgIpc) is 2.92. The highest BCUT2D eigenvalue weighted by atomic mass is 19.4. The van der Waals surface area contributed by atoms with Crippen molar-refractivity contribution in [1.82, 2.24) is 10.2 Å². The normalized spacial score (nSPS) is 14.1. The Labute approximate surface area is 240 Å². The molecule has 1 saturated heterocycles. The van der Waals surface area contributed by atoms with Crippen molar-refractivity contribution >= 4 is 35.2 Å². The Morgan fingerprint density at radius 3 is 2.05 bits per heavy atom. The quantitative estimate of drug-likeness (QED) is 0.137. The summed E-state index contributed by atoms with van der Waals surface area (Å²) in [6.07, 6.45) is -10.4. The number of morpholine rings is 1. The number of benzene rings is 2. The molecule has 6 N–H and O–H groups in total. The first-order chi connectivity index (χ1) is 19.9. The molecule has 17 heteroatoms. The van der Waals surface area contributed by atoms with Gasteiger partial charge in [0.1, 0.15) is 12.3 Å². The first-order valence-corrected chi connectivity index (χ1v) is 12.3. The molecule has 43 heavy (non-hydrogen) atoms. The summed E-state index contributed by atoms with van der Waals surface area (Å²) in [5.74, 6) is -4.94. The van der Waals surface area contributed by atoms with Gasteiger partial charge in [-0.3, -0.25) is 19.8 Å². The summed E-state index contributed by atoms with van der Waals surface area (Å²) in [4.78, 5) is 47.4. The van der Waals surface area contributed by atoms with E-state index in [-0.39, 0.29) is 37.7 Å². The number of carbonyl (C=O) groups excluding carboxylic acids is 3. The van der Waals surface area contributed by atoms with Crippen LogP contribution in [0.25, 0.3) is 0 Å². The Morgan fingerprint density at radius 1 is 1.00 bits per heavy atom. The van der Waals surface area contributed by atoms with Crippen LogP contribution >= 0.6 is 0 Å². The van der Waals surface area contributed by atoms with Gasteiger partial charge in [-0.05, 0) is 48.9 Å². The number of amidine groups is 1. The average molecular weight is 620 g/mol. The van der Waals surface area contributed by atoms with Crippen molar-refractivity contribution in [2.75, 3.05) is 31.6 Å². The molecule has 3 rings (SSSR count). The number of anilines is 1. The Bertz CT molecular complexity index is 1340. The summed E-state index contributed by atoms with van der Waals surface area (Å²) in [6, 6.07) is 8.56. The maximum atomic E-state index is 13.8. The number of carboxylic acid groups (broad SMARTS) is 1. The molecule has 0 spiro atoms. The minimum absolute atomic E-state index is 0.131. The van der Waals surface area contributed by atoms with Gasteiger partial charge < -0.3 is 31.1 Å². The fourth-order valence-corrected chi connectivity index (χ4v) is 3.65. The molecule has 0 saturated carbocycles. The van der Waals surface area contributed by atoms with Gasteiger partial charge >= 0.3 is 18.3 Å². The molecule has 1 aliphatic rings. The fraction of sp³-hybridized carbons (Fsp3) is 0.346. The zero-order valence-corrected chi connectivity index (χ0v) is 22.4. The van der Waals surface area contributed by atoms with Crippen molar-refractivity contribution in [2.24, 2.45) is 5.73 Å². The Kier molecular flexibility index (Phi) is 11.6. The molecular weight excluding hydrogens is 592 g/mol. The van der Waals surface area contributed by atoms with Crippen LogP contribution in [0.2, 0.25) is 0 Å². The lowest BCUT2D eigenvalue weighted by Crippen LogP contribution is -2.41. The second kappa shape index (κ2) is 14.5. The van der Waals surface area contributed by atoms with E-state index in [0.29, 0.717) is 11.3 Å². The monoisotopic (exact) mass is 619 g/mol. The van der Waals surface area contributed by atoms with Crippen LogP contribution in [0.4, 0.5) is 32.0 Å². The summed E-state index contributed by atoms with van der Waals surface area (Å²) in [7, 11) is 0. The van der Waals surface area contributed by atoms with Crippen molar-refractivity contribution in [1.29, 1.82) is 5.41 Å². The van der Waals surface area contributed by atoms with Crippen LogP contribution < -0.4 is 16.4 Å². The van der Waals surface area contributed by atoms with E-state index in [2.05, 4.69) is 10.6 Å². The molecule has 0 radical (unpaired) electrons. The van der Waals surface area contributed by atoms with Crippen LogP contribution in [0.1, 0.15) is 46.4 Å². The van der Waals surface area contributed by atoms with Crippen LogP contribution in [0.15, 0.2) is 42.5 Å². The Balaban J connectivity index is 0.000000821. The number of aliphatic carboxylic acids is 1. The van der Waals surface area contributed by atoms with Gasteiger partial charge in [0.15, 0.2) is 0 Å². The molecule has 2 aromatic carbocycles. The molecule has 0 aromatic heterocycles. The maximum absolute atomic E-state index is 13.8. The number of nitrogen functional groups attached to an aromatic ring is 1. The highest BCUT2D eigenvalue weighted by Crippen LogP contribution is 2.34. The molecule has 1 fully saturated rings. The van der Waals surface area contributed by atoms with Gasteiger partial charge in [0.2, 0.25) is 11.8 Å². The molecule has 0 bridgehead atoms. The number of hydrogen-bond donors (Lipinski definition) is 5. The number of carboxylic acids is 1. The number of carbonyl (C=O) groups is 4. The van der Waals surface area contributed by atoms with Crippen LogP contribution in [-0.4, -0.2) is 72.0 Å². The standard InChI is InChI=1S/C24H26F3N5O4.C2HF3O2/c1-14(30-20(33)13-21(34)31-17-5-2-15(3-6-17)22(28)29)16-4-7-18(19(12-16)24(25,26)27)23(35)32-8-10-36-11-9-32;3-2(4,5)1(6)7/h2-7,12,14H,8-11,13H2,1H3,(H3,28,29)(H,30,33)(H,31,34);(H,6,7). The number of amides is 3. The molecule has 1 unspecified atom stereocenters. The number of alkyl halides is 6. The Hall–Kier alpha value is -4.67. The SMILES string of the molecule is CC(NC(=O)CC(=O)Nc1ccc(C(=N)N)cc1)c1ccc(C(=O)N2CCOCC2)c(C(F)(F)F)c1.O=C(O)C(F)(F)F. The molecule has 3 amide bonds. The zero-order valence-electron chi connectivity index (χ0n) is 22.4. The highest BCUT2D eigenvalue weighted by Gasteiger charge is 2.38. The van der Waals surface area contributed by atoms with Gasteiger partial charge in [-0.15, -0.1) is 0 Å². The van der Waals surface area contributed by atoms with Crippen molar-refractivity contribution < 1.29 is 55.4 Å². The molecule has 0 aliphatic carbocycles. The minimum Gasteiger partial charge on any atom is -0.475 e. The number of nitrogens with zero attached hydrogens (tertiary/aromatic N) is 1. The summed E-state index contributed by atoms with van der Waals surface area (Å²) in [6.45, 7) is 2.40. The molecule has 1 aliphatic heterocycles. The lowest BCUT2D eigenvalue weighted by atomic mass is 9.98. The van der Waals surface area contributed by atoms with Crippen LogP contribution in [0.3, 0.4) is 0 Å². The van der Waals surface area contributed by atoms with Gasteiger partial charge in [0.05, 0.1) is 30.4 Å². The number of rotatable bonds is 7. The van der Waals surface area contributed by atoms with Gasteiger partial charge in [-0.2, -0.15) is 26.3 Å². The van der Waals surface area contributed by atoms with E-state index in [1.54, 1.807) is 0 Å². The predicted octanol–water partition coefficient (Wildman–Crippen LogP) is 3.30. The van der Waals surface area contributed by atoms with Crippen molar-refractivity contribution in [2.45, 2.75) is 31.7 Å². The number of nitrogens with two attached hydrogens (primary N) is 1. The van der Waals surface area contributed by atoms with Crippen molar-refractivity contribution in [3.8, 4) is 0 Å². The number of ether oxygens (including phenoxy) is 1. The zero-order chi connectivity index (χ0) is 32.5. The van der Waals surface area contributed by atoms with E-state index < -0.39 is 59.6 Å². The first-order valence-electron chi connectivity index (χ1n) is 12.3. The van der Waals surface area contributed by atoms with Crippen LogP contribution in [0, 0.1) is 5.41 Å². The van der Waals surface area contributed by atoms with E-state index in [0.717, 1.165) is 12.1 Å². The summed E-state index contributed by atoms with van der Waals surface area (Å²) in [5, 5.41) is 19.5. The smallest absolute Gasteiger partial charge is 0.475 e. The summed E-state index contributed by atoms with van der Waals surface area (Å²) in [5.41, 5.74) is 4.80. The Morgan fingerprint density at radius 2 is 1.56 bits per heavy atom. The lowest BCUT2D eigenvalue weighted by Gasteiger charge is -2.28. The molecule has 1 atom stereocenters. The third kappa shape index (κ3) is 10.6. The fourth-order valence-electron chi connectivity index (χ4n) is 3.65. The third-order valence-corrected chi connectivity index (χ3v) is 5.80. The second-order valence-corrected chi connectivity index (χ2v) is 9.02. The number of halogens is 6. The second-order valence-electron chi connectivity index (χ2n) is 9.02. The number of hydrogen-bond acceptors (Lipinski definition) is 6. The van der Waals surface area contributed by atoms with Gasteiger partial charge in [-0.25, -0.2) is 4.79 Å². The predicted molar refractivity (Wildman–Crippen MR) is 139 cm³/mol. The van der Waals surface area contributed by atoms with Gasteiger partial charge in [-0.1, -0.05) is 6.07 Å². The van der Waals surface area contributed by atoms with Crippen molar-refractivity contribution in [3.63, 3.8) is 0 Å². The third-order valence-electron chi connectivity index (χ3n) is 5.80.